The van der Waals surface area contributed by atoms with Crippen molar-refractivity contribution in [3.63, 3.8) is 0 Å². The quantitative estimate of drug-likeness (QED) is 0.407. The van der Waals surface area contributed by atoms with Gasteiger partial charge in [0.25, 0.3) is 0 Å². The van der Waals surface area contributed by atoms with E-state index in [1.807, 2.05) is 27.7 Å². The van der Waals surface area contributed by atoms with Crippen LogP contribution in [0.15, 0.2) is 0 Å². The zero-order valence-electron chi connectivity index (χ0n) is 15.0. The van der Waals surface area contributed by atoms with Gasteiger partial charge in [-0.25, -0.2) is 0 Å². The Kier molecular flexibility index (Phi) is 56.2. The van der Waals surface area contributed by atoms with E-state index < -0.39 is 0 Å². The van der Waals surface area contributed by atoms with Crippen LogP contribution in [0.2, 0.25) is 0 Å². The molecule has 0 aliphatic heterocycles. The van der Waals surface area contributed by atoms with Crippen molar-refractivity contribution in [3.8, 4) is 0 Å². The van der Waals surface area contributed by atoms with Crippen LogP contribution in [0.1, 0.15) is 60.8 Å². The van der Waals surface area contributed by atoms with Crippen LogP contribution in [0.3, 0.4) is 0 Å². The number of aliphatic hydroxyl groups is 1. The minimum atomic E-state index is 0. The van der Waals surface area contributed by atoms with Crippen LogP contribution in [0.5, 0.6) is 0 Å². The van der Waals surface area contributed by atoms with Gasteiger partial charge < -0.3 is 21.0 Å². The number of rotatable bonds is 8. The molecule has 0 aromatic carbocycles. The molecule has 21 heavy (non-hydrogen) atoms. The predicted octanol–water partition coefficient (Wildman–Crippen LogP) is 3.48. The van der Waals surface area contributed by atoms with Crippen molar-refractivity contribution in [3.05, 3.63) is 6.65 Å². The molecule has 1 atom stereocenters. The second-order valence-corrected chi connectivity index (χ2v) is 4.14. The zero-order chi connectivity index (χ0) is 16.8. The van der Waals surface area contributed by atoms with Gasteiger partial charge in [-0.3, -0.25) is 0 Å². The minimum absolute atomic E-state index is 0. The summed E-state index contributed by atoms with van der Waals surface area (Å²) in [6.45, 7) is 20.2. The number of aliphatic hydroxyl groups excluding tert-OH is 1. The zero-order valence-corrected chi connectivity index (χ0v) is 15.0. The third-order valence-corrected chi connectivity index (χ3v) is 2.08. The summed E-state index contributed by atoms with van der Waals surface area (Å²) in [5.74, 6) is 0.183. The molecule has 5 heteroatoms. The molecule has 5 nitrogen and oxygen atoms in total. The number of carbonyl (C=O) groups excluding carboxylic acids is 1. The molecule has 0 aromatic rings. The Hall–Kier alpha value is -0.710. The molecule has 0 aromatic heterocycles. The summed E-state index contributed by atoms with van der Waals surface area (Å²) in [6.07, 6.45) is 4.26. The van der Waals surface area contributed by atoms with Crippen molar-refractivity contribution in [2.24, 2.45) is 5.92 Å². The summed E-state index contributed by atoms with van der Waals surface area (Å²) in [4.78, 5) is 12.8. The van der Waals surface area contributed by atoms with Gasteiger partial charge in [0.1, 0.15) is 6.29 Å². The Bertz CT molecular complexity index is 168. The molecule has 0 rings (SSSR count). The molecule has 0 heterocycles. The third-order valence-electron chi connectivity index (χ3n) is 2.08. The second-order valence-electron chi connectivity index (χ2n) is 4.14. The van der Waals surface area contributed by atoms with E-state index in [-0.39, 0.29) is 12.1 Å². The van der Waals surface area contributed by atoms with Gasteiger partial charge in [-0.2, -0.15) is 0 Å². The average Bonchev–Trinajstić information content (AvgIpc) is 2.52. The first kappa shape index (κ1) is 32.3. The molecule has 130 valence electrons. The summed E-state index contributed by atoms with van der Waals surface area (Å²) in [5.41, 5.74) is 0. The third kappa shape index (κ3) is 38.2. The van der Waals surface area contributed by atoms with E-state index in [1.165, 1.54) is 12.8 Å². The van der Waals surface area contributed by atoms with Gasteiger partial charge in [-0.1, -0.05) is 41.5 Å². The van der Waals surface area contributed by atoms with E-state index in [4.69, 9.17) is 9.76 Å². The monoisotopic (exact) mass is 306 g/mol. The van der Waals surface area contributed by atoms with E-state index >= 15 is 0 Å². The van der Waals surface area contributed by atoms with Gasteiger partial charge in [-0.05, 0) is 32.4 Å². The van der Waals surface area contributed by atoms with Crippen molar-refractivity contribution >= 4 is 6.29 Å². The van der Waals surface area contributed by atoms with Gasteiger partial charge in [-0.15, -0.1) is 0 Å². The van der Waals surface area contributed by atoms with Gasteiger partial charge in [0.05, 0.1) is 0 Å². The first-order valence-corrected chi connectivity index (χ1v) is 7.64. The molecule has 0 saturated heterocycles. The Balaban J connectivity index is -0.0000000802. The Morgan fingerprint density at radius 1 is 1.10 bits per heavy atom. The molecule has 0 radical (unpaired) electrons. The number of aldehydes is 1. The van der Waals surface area contributed by atoms with Crippen LogP contribution in [-0.2, 0) is 9.45 Å². The van der Waals surface area contributed by atoms with Crippen molar-refractivity contribution in [2.75, 3.05) is 26.2 Å². The maximum atomic E-state index is 10.4. The summed E-state index contributed by atoms with van der Waals surface area (Å²) in [7, 11) is 0. The molecule has 4 N–H and O–H groups in total. The van der Waals surface area contributed by atoms with E-state index in [9.17, 15) is 4.79 Å². The van der Waals surface area contributed by atoms with Gasteiger partial charge in [0.15, 0.2) is 0 Å². The molecule has 0 aliphatic carbocycles. The van der Waals surface area contributed by atoms with Gasteiger partial charge in [0, 0.05) is 19.1 Å². The number of hydrogen-bond acceptors (Lipinski definition) is 4. The maximum absolute atomic E-state index is 10.4. The molecule has 0 fully saturated rings. The van der Waals surface area contributed by atoms with Crippen LogP contribution < -0.4 is 6.15 Å². The van der Waals surface area contributed by atoms with Crippen LogP contribution >= 0.6 is 0 Å². The standard InChI is InChI=1S/C10H21NO.C3H8O.C2H6.CO.H3N/c1-4-6-11(7-5-2)8-10(3)9-12;1-2-3-4;2*1-2;/h9-10H,4-8H2,1-3H3;4H,2-3H2,1H3;1-2H3;;1H3. The molecular weight excluding hydrogens is 268 g/mol. The van der Waals surface area contributed by atoms with Crippen LogP contribution in [0.25, 0.3) is 0 Å². The normalized spacial score (nSPS) is 9.43. The van der Waals surface area contributed by atoms with Crippen molar-refractivity contribution in [1.29, 1.82) is 0 Å². The van der Waals surface area contributed by atoms with Crippen LogP contribution in [0, 0.1) is 12.6 Å². The summed E-state index contributed by atoms with van der Waals surface area (Å²) < 4.78 is 7.50. The Morgan fingerprint density at radius 3 is 1.62 bits per heavy atom. The van der Waals surface area contributed by atoms with Crippen LogP contribution in [-0.4, -0.2) is 42.5 Å². The topological polar surface area (TPSA) is 95.4 Å². The number of carbonyl (C=O) groups is 1. The fraction of sp³-hybridized carbons (Fsp3) is 0.875. The molecule has 0 saturated carbocycles. The summed E-state index contributed by atoms with van der Waals surface area (Å²) in [5, 5.41) is 7.88. The molecule has 1 unspecified atom stereocenters. The predicted molar refractivity (Wildman–Crippen MR) is 89.9 cm³/mol. The molecule has 0 bridgehead atoms. The SMILES string of the molecule is CC.CCCN(CCC)CC(C)C=O.CCCO.N.[C-]#[O+]. The fourth-order valence-electron chi connectivity index (χ4n) is 1.38. The van der Waals surface area contributed by atoms with Crippen molar-refractivity contribution < 1.29 is 14.6 Å². The van der Waals surface area contributed by atoms with Crippen molar-refractivity contribution in [1.82, 2.24) is 11.1 Å². The fourth-order valence-corrected chi connectivity index (χ4v) is 1.38. The summed E-state index contributed by atoms with van der Waals surface area (Å²) in [6, 6.07) is 0. The number of nitrogens with zero attached hydrogens (tertiary/aromatic N) is 1. The van der Waals surface area contributed by atoms with Gasteiger partial charge >= 0.3 is 11.3 Å². The molecule has 0 aliphatic rings. The number of hydrogen-bond donors (Lipinski definition) is 2. The first-order valence-electron chi connectivity index (χ1n) is 7.64. The van der Waals surface area contributed by atoms with E-state index in [0.717, 1.165) is 32.3 Å². The summed E-state index contributed by atoms with van der Waals surface area (Å²) >= 11 is 0. The second kappa shape index (κ2) is 36.5. The van der Waals surface area contributed by atoms with Crippen molar-refractivity contribution in [2.45, 2.75) is 60.8 Å². The molecular formula is C16H38N2O3. The van der Waals surface area contributed by atoms with Crippen LogP contribution in [0.4, 0.5) is 0 Å². The first-order chi connectivity index (χ1) is 9.65. The van der Waals surface area contributed by atoms with E-state index in [0.29, 0.717) is 6.61 Å². The van der Waals surface area contributed by atoms with E-state index in [1.54, 1.807) is 0 Å². The van der Waals surface area contributed by atoms with Gasteiger partial charge in [0.2, 0.25) is 0 Å². The molecule has 0 amide bonds. The van der Waals surface area contributed by atoms with E-state index in [2.05, 4.69) is 25.4 Å². The molecule has 0 spiro atoms. The average molecular weight is 306 g/mol. The Morgan fingerprint density at radius 2 is 1.43 bits per heavy atom. The Labute approximate surface area is 132 Å².